The van der Waals surface area contributed by atoms with E-state index in [0.29, 0.717) is 19.4 Å². The highest BCUT2D eigenvalue weighted by Crippen LogP contribution is 2.44. The fraction of sp³-hybridized carbons (Fsp3) is 0.474. The number of allylic oxidation sites excluding steroid dienone is 2. The third-order valence-electron chi connectivity index (χ3n) is 9.27. The summed E-state index contributed by atoms with van der Waals surface area (Å²) in [6.45, 7) is 11.7. The highest BCUT2D eigenvalue weighted by Gasteiger charge is 2.33. The summed E-state index contributed by atoms with van der Waals surface area (Å²) in [5.41, 5.74) is 4.40. The third-order valence-corrected chi connectivity index (χ3v) is 9.27. The first kappa shape index (κ1) is 36.4. The summed E-state index contributed by atoms with van der Waals surface area (Å²) in [6.07, 6.45) is 5.11. The molecule has 0 bridgehead atoms. The number of alkyl carbamates (subject to hydrolysis) is 1. The fourth-order valence-electron chi connectivity index (χ4n) is 6.46. The first-order chi connectivity index (χ1) is 23.2. The predicted octanol–water partition coefficient (Wildman–Crippen LogP) is 5.11. The number of ether oxygens (including phenoxy) is 2. The molecular formula is C38H49N3O7. The minimum Gasteiger partial charge on any atom is -0.462 e. The summed E-state index contributed by atoms with van der Waals surface area (Å²) in [5.74, 6) is -2.03. The number of benzene rings is 2. The van der Waals surface area contributed by atoms with E-state index in [1.165, 1.54) is 0 Å². The Morgan fingerprint density at radius 1 is 0.979 bits per heavy atom. The largest absolute Gasteiger partial charge is 0.462 e. The minimum absolute atomic E-state index is 0.00730. The van der Waals surface area contributed by atoms with Crippen molar-refractivity contribution in [3.63, 3.8) is 0 Å². The van der Waals surface area contributed by atoms with Gasteiger partial charge in [0.25, 0.3) is 0 Å². The van der Waals surface area contributed by atoms with Crippen molar-refractivity contribution in [3.05, 3.63) is 85.0 Å². The predicted molar refractivity (Wildman–Crippen MR) is 184 cm³/mol. The van der Waals surface area contributed by atoms with Gasteiger partial charge in [-0.2, -0.15) is 0 Å². The number of nitrogens with one attached hydrogen (secondary N) is 2. The molecule has 0 unspecified atom stereocenters. The number of fused-ring (bicyclic) bond motifs is 3. The van der Waals surface area contributed by atoms with Crippen molar-refractivity contribution in [1.29, 1.82) is 0 Å². The molecule has 10 nitrogen and oxygen atoms in total. The topological polar surface area (TPSA) is 134 Å². The average Bonchev–Trinajstić information content (AvgIpc) is 3.70. The number of aliphatic hydroxyl groups excluding tert-OH is 1. The molecule has 2 aromatic carbocycles. The summed E-state index contributed by atoms with van der Waals surface area (Å²) in [6, 6.07) is 14.4. The lowest BCUT2D eigenvalue weighted by Crippen LogP contribution is -2.48. The smallest absolute Gasteiger partial charge is 0.407 e. The van der Waals surface area contributed by atoms with Crippen molar-refractivity contribution in [2.45, 2.75) is 76.4 Å². The van der Waals surface area contributed by atoms with Crippen LogP contribution in [0.25, 0.3) is 11.1 Å². The zero-order valence-corrected chi connectivity index (χ0v) is 28.1. The second-order valence-corrected chi connectivity index (χ2v) is 12.9. The maximum absolute atomic E-state index is 13.3. The van der Waals surface area contributed by atoms with Crippen LogP contribution < -0.4 is 10.6 Å². The van der Waals surface area contributed by atoms with Gasteiger partial charge in [0.05, 0.1) is 24.6 Å². The molecule has 2 aliphatic rings. The van der Waals surface area contributed by atoms with E-state index in [2.05, 4.69) is 35.9 Å². The van der Waals surface area contributed by atoms with Crippen molar-refractivity contribution in [2.24, 2.45) is 11.8 Å². The Hall–Kier alpha value is -4.44. The lowest BCUT2D eigenvalue weighted by molar-refractivity contribution is -0.148. The van der Waals surface area contributed by atoms with Crippen LogP contribution in [0, 0.1) is 11.8 Å². The van der Waals surface area contributed by atoms with E-state index >= 15 is 0 Å². The quantitative estimate of drug-likeness (QED) is 0.159. The molecule has 0 aromatic heterocycles. The van der Waals surface area contributed by atoms with Crippen molar-refractivity contribution in [2.75, 3.05) is 26.4 Å². The van der Waals surface area contributed by atoms with Gasteiger partial charge in [0.15, 0.2) is 0 Å². The number of amides is 3. The maximum Gasteiger partial charge on any atom is 0.407 e. The first-order valence-corrected chi connectivity index (χ1v) is 16.9. The van der Waals surface area contributed by atoms with Crippen LogP contribution in [0.5, 0.6) is 0 Å². The number of rotatable bonds is 17. The first-order valence-electron chi connectivity index (χ1n) is 16.9. The molecule has 1 aliphatic carbocycles. The Morgan fingerprint density at radius 2 is 1.65 bits per heavy atom. The van der Waals surface area contributed by atoms with Crippen molar-refractivity contribution in [1.82, 2.24) is 15.5 Å². The van der Waals surface area contributed by atoms with E-state index in [-0.39, 0.29) is 62.4 Å². The van der Waals surface area contributed by atoms with Crippen LogP contribution in [0.2, 0.25) is 0 Å². The van der Waals surface area contributed by atoms with Gasteiger partial charge in [-0.05, 0) is 60.3 Å². The monoisotopic (exact) mass is 659 g/mol. The summed E-state index contributed by atoms with van der Waals surface area (Å²) in [5, 5.41) is 15.2. The van der Waals surface area contributed by atoms with Crippen LogP contribution in [-0.4, -0.2) is 78.4 Å². The standard InChI is InChI=1S/C38H49N3O7/c1-5-7-19-33(40-38(46)48-23-32-30-17-10-8-15-28(30)29-16-9-11-18-31(29)32)37(45)47-24-34(25(3)4)39-36(44)26(13-6-2)21-35(43)41-20-12-14-27(41)22-42/h5-6,8-11,15-18,25-27,32-34,42H,1-2,7,12-14,19-24H2,3-4H3,(H,39,44)(H,40,46)/t26-,27-,33-,34+/m0/s1. The second kappa shape index (κ2) is 17.6. The van der Waals surface area contributed by atoms with Gasteiger partial charge in [-0.15, -0.1) is 13.2 Å². The average molecular weight is 660 g/mol. The molecule has 1 aliphatic heterocycles. The molecule has 258 valence electrons. The van der Waals surface area contributed by atoms with Crippen molar-refractivity contribution < 1.29 is 33.8 Å². The number of hydrogen-bond acceptors (Lipinski definition) is 7. The molecule has 1 fully saturated rings. The van der Waals surface area contributed by atoms with Crippen LogP contribution in [0.15, 0.2) is 73.8 Å². The van der Waals surface area contributed by atoms with Gasteiger partial charge in [-0.1, -0.05) is 74.5 Å². The molecule has 2 aromatic rings. The minimum atomic E-state index is -0.978. The number of likely N-dealkylation sites (tertiary alicyclic amines) is 1. The molecule has 4 rings (SSSR count). The van der Waals surface area contributed by atoms with Gasteiger partial charge >= 0.3 is 12.1 Å². The van der Waals surface area contributed by atoms with E-state index in [9.17, 15) is 24.3 Å². The molecule has 1 saturated heterocycles. The summed E-state index contributed by atoms with van der Waals surface area (Å²) in [4.78, 5) is 54.2. The Labute approximate surface area is 283 Å². The molecule has 0 spiro atoms. The van der Waals surface area contributed by atoms with Gasteiger partial charge in [0.2, 0.25) is 11.8 Å². The Kier molecular flexibility index (Phi) is 13.4. The molecule has 1 heterocycles. The molecule has 0 saturated carbocycles. The zero-order chi connectivity index (χ0) is 34.6. The lowest BCUT2D eigenvalue weighted by atomic mass is 9.97. The molecular weight excluding hydrogens is 610 g/mol. The second-order valence-electron chi connectivity index (χ2n) is 12.9. The van der Waals surface area contributed by atoms with E-state index in [1.54, 1.807) is 17.1 Å². The summed E-state index contributed by atoms with van der Waals surface area (Å²) >= 11 is 0. The molecule has 3 amide bonds. The summed E-state index contributed by atoms with van der Waals surface area (Å²) in [7, 11) is 0. The molecule has 3 N–H and O–H groups in total. The highest BCUT2D eigenvalue weighted by molar-refractivity contribution is 5.86. The third kappa shape index (κ3) is 9.13. The van der Waals surface area contributed by atoms with Crippen molar-refractivity contribution in [3.8, 4) is 11.1 Å². The highest BCUT2D eigenvalue weighted by atomic mass is 16.6. The van der Waals surface area contributed by atoms with Crippen LogP contribution in [-0.2, 0) is 23.9 Å². The van der Waals surface area contributed by atoms with Gasteiger partial charge < -0.3 is 30.1 Å². The van der Waals surface area contributed by atoms with E-state index < -0.39 is 30.1 Å². The molecule has 0 radical (unpaired) electrons. The molecule has 4 atom stereocenters. The molecule has 48 heavy (non-hydrogen) atoms. The Morgan fingerprint density at radius 3 is 2.25 bits per heavy atom. The Balaban J connectivity index is 1.33. The van der Waals surface area contributed by atoms with E-state index in [0.717, 1.165) is 35.1 Å². The van der Waals surface area contributed by atoms with Crippen LogP contribution >= 0.6 is 0 Å². The van der Waals surface area contributed by atoms with Crippen molar-refractivity contribution >= 4 is 23.9 Å². The fourth-order valence-corrected chi connectivity index (χ4v) is 6.46. The zero-order valence-electron chi connectivity index (χ0n) is 28.1. The van der Waals surface area contributed by atoms with Crippen LogP contribution in [0.1, 0.15) is 69.4 Å². The van der Waals surface area contributed by atoms with Gasteiger partial charge in [-0.25, -0.2) is 9.59 Å². The van der Waals surface area contributed by atoms with Gasteiger partial charge in [0.1, 0.15) is 19.3 Å². The molecule has 10 heteroatoms. The number of hydrogen-bond donors (Lipinski definition) is 3. The van der Waals surface area contributed by atoms with E-state index in [4.69, 9.17) is 9.47 Å². The number of aliphatic hydroxyl groups is 1. The number of carbonyl (C=O) groups is 4. The SMILES string of the molecule is C=CCC[C@H](NC(=O)OCC1c2ccccc2-c2ccccc21)C(=O)OC[C@@H](NC(=O)[C@@H](CC=C)CC(=O)N1CCC[C@H]1CO)C(C)C. The number of nitrogens with zero attached hydrogens (tertiary/aromatic N) is 1. The van der Waals surface area contributed by atoms with Crippen LogP contribution in [0.4, 0.5) is 4.79 Å². The van der Waals surface area contributed by atoms with E-state index in [1.807, 2.05) is 50.2 Å². The normalized spacial score (nSPS) is 17.1. The van der Waals surface area contributed by atoms with Gasteiger partial charge in [-0.3, -0.25) is 9.59 Å². The maximum atomic E-state index is 13.3. The van der Waals surface area contributed by atoms with Crippen LogP contribution in [0.3, 0.4) is 0 Å². The van der Waals surface area contributed by atoms with Gasteiger partial charge in [0, 0.05) is 18.9 Å². The lowest BCUT2D eigenvalue weighted by Gasteiger charge is -2.28. The summed E-state index contributed by atoms with van der Waals surface area (Å²) < 4.78 is 11.3. The Bertz CT molecular complexity index is 1410. The number of esters is 1. The number of carbonyl (C=O) groups excluding carboxylic acids is 4.